The Balaban J connectivity index is 1.60. The molecule has 23 heavy (non-hydrogen) atoms. The van der Waals surface area contributed by atoms with Crippen molar-refractivity contribution in [3.05, 3.63) is 41.4 Å². The minimum Gasteiger partial charge on any atom is -0.331 e. The number of likely N-dealkylation sites (N-methyl/N-ethyl adjacent to an activating group) is 1. The monoisotopic (exact) mass is 336 g/mol. The normalized spacial score (nSPS) is 16.8. The van der Waals surface area contributed by atoms with Crippen LogP contribution in [0.2, 0.25) is 5.02 Å². The second-order valence-corrected chi connectivity index (χ2v) is 6.47. The maximum atomic E-state index is 13.2. The SMILES string of the molecule is CN1CCN(CCCn2ccnc2-c2ccc(F)cc2Cl)CC1. The number of halogens is 2. The summed E-state index contributed by atoms with van der Waals surface area (Å²) in [4.78, 5) is 9.25. The van der Waals surface area contributed by atoms with E-state index >= 15 is 0 Å². The number of hydrogen-bond acceptors (Lipinski definition) is 3. The number of aryl methyl sites for hydroxylation is 1. The Kier molecular flexibility index (Phi) is 5.30. The molecule has 2 aromatic rings. The quantitative estimate of drug-likeness (QED) is 0.839. The largest absolute Gasteiger partial charge is 0.331 e. The van der Waals surface area contributed by atoms with E-state index < -0.39 is 0 Å². The van der Waals surface area contributed by atoms with Crippen LogP contribution < -0.4 is 0 Å². The molecular formula is C17H22ClFN4. The van der Waals surface area contributed by atoms with Gasteiger partial charge in [0.25, 0.3) is 0 Å². The number of nitrogens with zero attached hydrogens (tertiary/aromatic N) is 4. The molecule has 1 aromatic carbocycles. The lowest BCUT2D eigenvalue weighted by Crippen LogP contribution is -2.44. The Morgan fingerprint density at radius 1 is 1.17 bits per heavy atom. The molecule has 4 nitrogen and oxygen atoms in total. The van der Waals surface area contributed by atoms with Crippen molar-refractivity contribution >= 4 is 11.6 Å². The molecule has 0 aliphatic carbocycles. The molecule has 1 aromatic heterocycles. The van der Waals surface area contributed by atoms with Crippen LogP contribution in [0, 0.1) is 5.82 Å². The van der Waals surface area contributed by atoms with Gasteiger partial charge >= 0.3 is 0 Å². The van der Waals surface area contributed by atoms with Crippen LogP contribution in [0.3, 0.4) is 0 Å². The lowest BCUT2D eigenvalue weighted by molar-refractivity contribution is 0.151. The summed E-state index contributed by atoms with van der Waals surface area (Å²) in [5.41, 5.74) is 0.776. The van der Waals surface area contributed by atoms with E-state index in [2.05, 4.69) is 26.4 Å². The first-order chi connectivity index (χ1) is 11.1. The third kappa shape index (κ3) is 4.10. The highest BCUT2D eigenvalue weighted by molar-refractivity contribution is 6.33. The molecule has 124 valence electrons. The average molecular weight is 337 g/mol. The topological polar surface area (TPSA) is 24.3 Å². The molecular weight excluding hydrogens is 315 g/mol. The van der Waals surface area contributed by atoms with Crippen LogP contribution in [0.1, 0.15) is 6.42 Å². The van der Waals surface area contributed by atoms with Gasteiger partial charge in [-0.3, -0.25) is 0 Å². The Labute approximate surface area is 141 Å². The Bertz CT molecular complexity index is 650. The fourth-order valence-corrected chi connectivity index (χ4v) is 3.19. The number of piperazine rings is 1. The van der Waals surface area contributed by atoms with Gasteiger partial charge in [0.2, 0.25) is 0 Å². The molecule has 3 rings (SSSR count). The number of benzene rings is 1. The molecule has 0 spiro atoms. The Morgan fingerprint density at radius 2 is 1.96 bits per heavy atom. The molecule has 1 saturated heterocycles. The van der Waals surface area contributed by atoms with E-state index in [1.54, 1.807) is 12.3 Å². The average Bonchev–Trinajstić information content (AvgIpc) is 2.97. The van der Waals surface area contributed by atoms with Crippen LogP contribution in [0.15, 0.2) is 30.6 Å². The number of imidazole rings is 1. The molecule has 2 heterocycles. The first kappa shape index (κ1) is 16.4. The number of aromatic nitrogens is 2. The standard InChI is InChI=1S/C17H22ClFN4/c1-21-9-11-22(12-10-21)6-2-7-23-8-5-20-17(23)15-4-3-14(19)13-16(15)18/h3-5,8,13H,2,6-7,9-12H2,1H3. The molecule has 0 saturated carbocycles. The van der Waals surface area contributed by atoms with Crippen LogP contribution in [0.25, 0.3) is 11.4 Å². The number of rotatable bonds is 5. The van der Waals surface area contributed by atoms with Gasteiger partial charge in [-0.25, -0.2) is 9.37 Å². The summed E-state index contributed by atoms with van der Waals surface area (Å²) in [6.45, 7) is 6.52. The zero-order valence-corrected chi connectivity index (χ0v) is 14.1. The van der Waals surface area contributed by atoms with Gasteiger partial charge in [-0.15, -0.1) is 0 Å². The highest BCUT2D eigenvalue weighted by atomic mass is 35.5. The summed E-state index contributed by atoms with van der Waals surface area (Å²) >= 11 is 6.16. The van der Waals surface area contributed by atoms with Gasteiger partial charge in [-0.1, -0.05) is 11.6 Å². The Morgan fingerprint density at radius 3 is 2.70 bits per heavy atom. The Hall–Kier alpha value is -1.43. The first-order valence-electron chi connectivity index (χ1n) is 8.01. The van der Waals surface area contributed by atoms with Gasteiger partial charge in [0.1, 0.15) is 11.6 Å². The van der Waals surface area contributed by atoms with Crippen LogP contribution in [0.4, 0.5) is 4.39 Å². The summed E-state index contributed by atoms with van der Waals surface area (Å²) in [6, 6.07) is 4.45. The van der Waals surface area contributed by atoms with E-state index in [9.17, 15) is 4.39 Å². The second-order valence-electron chi connectivity index (χ2n) is 6.07. The summed E-state index contributed by atoms with van der Waals surface area (Å²) in [5, 5.41) is 0.400. The summed E-state index contributed by atoms with van der Waals surface area (Å²) in [6.07, 6.45) is 4.79. The van der Waals surface area contributed by atoms with Gasteiger partial charge in [-0.2, -0.15) is 0 Å². The third-order valence-electron chi connectivity index (χ3n) is 4.36. The molecule has 6 heteroatoms. The van der Waals surface area contributed by atoms with Gasteiger partial charge in [0, 0.05) is 50.7 Å². The lowest BCUT2D eigenvalue weighted by Gasteiger charge is -2.32. The minimum atomic E-state index is -0.327. The molecule has 0 atom stereocenters. The van der Waals surface area contributed by atoms with Crippen molar-refractivity contribution < 1.29 is 4.39 Å². The predicted octanol–water partition coefficient (Wildman–Crippen LogP) is 2.98. The smallest absolute Gasteiger partial charge is 0.141 e. The highest BCUT2D eigenvalue weighted by Gasteiger charge is 2.14. The van der Waals surface area contributed by atoms with E-state index in [-0.39, 0.29) is 5.82 Å². The fraction of sp³-hybridized carbons (Fsp3) is 0.471. The van der Waals surface area contributed by atoms with E-state index in [1.807, 2.05) is 6.20 Å². The highest BCUT2D eigenvalue weighted by Crippen LogP contribution is 2.27. The van der Waals surface area contributed by atoms with Gasteiger partial charge in [0.05, 0.1) is 5.02 Å². The third-order valence-corrected chi connectivity index (χ3v) is 4.67. The molecule has 0 unspecified atom stereocenters. The zero-order chi connectivity index (χ0) is 16.2. The van der Waals surface area contributed by atoms with Gasteiger partial charge < -0.3 is 14.4 Å². The summed E-state index contributed by atoms with van der Waals surface area (Å²) in [5.74, 6) is 0.473. The van der Waals surface area contributed by atoms with Gasteiger partial charge in [-0.05, 0) is 38.2 Å². The van der Waals surface area contributed by atoms with Crippen molar-refractivity contribution in [3.8, 4) is 11.4 Å². The minimum absolute atomic E-state index is 0.327. The zero-order valence-electron chi connectivity index (χ0n) is 13.4. The lowest BCUT2D eigenvalue weighted by atomic mass is 10.2. The van der Waals surface area contributed by atoms with E-state index in [0.29, 0.717) is 5.02 Å². The van der Waals surface area contributed by atoms with Crippen LogP contribution in [0.5, 0.6) is 0 Å². The summed E-state index contributed by atoms with van der Waals surface area (Å²) in [7, 11) is 2.17. The van der Waals surface area contributed by atoms with E-state index in [0.717, 1.165) is 57.1 Å². The second kappa shape index (κ2) is 7.43. The van der Waals surface area contributed by atoms with Crippen molar-refractivity contribution in [1.82, 2.24) is 19.4 Å². The molecule has 1 aliphatic rings. The molecule has 1 aliphatic heterocycles. The van der Waals surface area contributed by atoms with E-state index in [1.165, 1.54) is 12.1 Å². The van der Waals surface area contributed by atoms with Crippen molar-refractivity contribution in [1.29, 1.82) is 0 Å². The van der Waals surface area contributed by atoms with Crippen molar-refractivity contribution in [2.45, 2.75) is 13.0 Å². The molecule has 0 bridgehead atoms. The number of hydrogen-bond donors (Lipinski definition) is 0. The summed E-state index contributed by atoms with van der Waals surface area (Å²) < 4.78 is 15.3. The van der Waals surface area contributed by atoms with Crippen LogP contribution in [-0.2, 0) is 6.54 Å². The van der Waals surface area contributed by atoms with Crippen molar-refractivity contribution in [2.75, 3.05) is 39.8 Å². The molecule has 1 fully saturated rings. The van der Waals surface area contributed by atoms with Crippen molar-refractivity contribution in [3.63, 3.8) is 0 Å². The maximum Gasteiger partial charge on any atom is 0.141 e. The molecule has 0 amide bonds. The van der Waals surface area contributed by atoms with Crippen molar-refractivity contribution in [2.24, 2.45) is 0 Å². The molecule has 0 N–H and O–H groups in total. The predicted molar refractivity (Wildman–Crippen MR) is 91.2 cm³/mol. The molecule has 0 radical (unpaired) electrons. The van der Waals surface area contributed by atoms with Crippen LogP contribution >= 0.6 is 11.6 Å². The first-order valence-corrected chi connectivity index (χ1v) is 8.39. The maximum absolute atomic E-state index is 13.2. The van der Waals surface area contributed by atoms with Crippen LogP contribution in [-0.4, -0.2) is 59.1 Å². The van der Waals surface area contributed by atoms with E-state index in [4.69, 9.17) is 11.6 Å². The van der Waals surface area contributed by atoms with Gasteiger partial charge in [0.15, 0.2) is 0 Å². The fourth-order valence-electron chi connectivity index (χ4n) is 2.94.